The number of methoxy groups -OCH3 is 1. The third-order valence-electron chi connectivity index (χ3n) is 2.85. The summed E-state index contributed by atoms with van der Waals surface area (Å²) in [6.45, 7) is 8.52. The molecule has 18 heavy (non-hydrogen) atoms. The van der Waals surface area contributed by atoms with Crippen LogP contribution < -0.4 is 0 Å². The van der Waals surface area contributed by atoms with Crippen LogP contribution in [0.25, 0.3) is 0 Å². The van der Waals surface area contributed by atoms with Gasteiger partial charge in [0.25, 0.3) is 0 Å². The van der Waals surface area contributed by atoms with Crippen molar-refractivity contribution < 1.29 is 19.1 Å². The molecular weight excluding hydrogens is 234 g/mol. The molecular formula is C13H23NO4. The topological polar surface area (TPSA) is 55.8 Å². The van der Waals surface area contributed by atoms with Crippen LogP contribution in [0.15, 0.2) is 0 Å². The molecule has 1 aliphatic heterocycles. The van der Waals surface area contributed by atoms with Crippen LogP contribution in [0.5, 0.6) is 0 Å². The van der Waals surface area contributed by atoms with Crippen molar-refractivity contribution in [2.45, 2.75) is 39.7 Å². The minimum Gasteiger partial charge on any atom is -0.469 e. The van der Waals surface area contributed by atoms with Crippen molar-refractivity contribution in [1.82, 2.24) is 4.90 Å². The van der Waals surface area contributed by atoms with E-state index in [4.69, 9.17) is 9.47 Å². The van der Waals surface area contributed by atoms with E-state index in [1.54, 1.807) is 4.90 Å². The molecule has 0 saturated carbocycles. The molecule has 0 bridgehead atoms. The molecule has 0 spiro atoms. The van der Waals surface area contributed by atoms with Crippen molar-refractivity contribution in [2.24, 2.45) is 11.8 Å². The molecule has 1 rings (SSSR count). The maximum absolute atomic E-state index is 12.0. The van der Waals surface area contributed by atoms with Crippen LogP contribution in [0.4, 0.5) is 4.79 Å². The van der Waals surface area contributed by atoms with Gasteiger partial charge in [-0.2, -0.15) is 0 Å². The Morgan fingerprint density at radius 1 is 1.22 bits per heavy atom. The number of likely N-dealkylation sites (tertiary alicyclic amines) is 1. The van der Waals surface area contributed by atoms with Gasteiger partial charge >= 0.3 is 12.1 Å². The van der Waals surface area contributed by atoms with E-state index in [-0.39, 0.29) is 23.9 Å². The summed E-state index contributed by atoms with van der Waals surface area (Å²) >= 11 is 0. The predicted octanol–water partition coefficient (Wildman–Crippen LogP) is 2.05. The second-order valence-corrected chi connectivity index (χ2v) is 5.95. The van der Waals surface area contributed by atoms with E-state index in [2.05, 4.69) is 0 Å². The van der Waals surface area contributed by atoms with E-state index in [1.165, 1.54) is 7.11 Å². The third kappa shape index (κ3) is 4.20. The number of piperidine rings is 1. The zero-order chi connectivity index (χ0) is 13.9. The normalized spacial score (nSPS) is 24.6. The van der Waals surface area contributed by atoms with Gasteiger partial charge in [0.15, 0.2) is 0 Å². The Bertz CT molecular complexity index is 321. The van der Waals surface area contributed by atoms with Crippen LogP contribution in [0.2, 0.25) is 0 Å². The highest BCUT2D eigenvalue weighted by Gasteiger charge is 2.34. The van der Waals surface area contributed by atoms with Crippen LogP contribution in [0, 0.1) is 11.8 Å². The first-order chi connectivity index (χ1) is 8.23. The number of ether oxygens (including phenoxy) is 2. The second kappa shape index (κ2) is 5.59. The summed E-state index contributed by atoms with van der Waals surface area (Å²) in [5, 5.41) is 0. The summed E-state index contributed by atoms with van der Waals surface area (Å²) < 4.78 is 10.1. The number of hydrogen-bond donors (Lipinski definition) is 0. The van der Waals surface area contributed by atoms with Gasteiger partial charge in [0.1, 0.15) is 5.60 Å². The Labute approximate surface area is 108 Å². The molecule has 104 valence electrons. The molecule has 1 saturated heterocycles. The molecule has 0 aromatic carbocycles. The van der Waals surface area contributed by atoms with Crippen molar-refractivity contribution in [3.05, 3.63) is 0 Å². The first kappa shape index (κ1) is 14.8. The Morgan fingerprint density at radius 3 is 2.33 bits per heavy atom. The summed E-state index contributed by atoms with van der Waals surface area (Å²) in [5.41, 5.74) is -0.515. The van der Waals surface area contributed by atoms with Crippen molar-refractivity contribution in [3.8, 4) is 0 Å². The van der Waals surface area contributed by atoms with Gasteiger partial charge in [-0.3, -0.25) is 4.79 Å². The van der Waals surface area contributed by atoms with E-state index < -0.39 is 5.60 Å². The Hall–Kier alpha value is -1.26. The predicted molar refractivity (Wildman–Crippen MR) is 67.1 cm³/mol. The van der Waals surface area contributed by atoms with E-state index in [0.29, 0.717) is 13.1 Å². The van der Waals surface area contributed by atoms with E-state index in [0.717, 1.165) is 6.42 Å². The fourth-order valence-corrected chi connectivity index (χ4v) is 2.16. The molecule has 0 aromatic rings. The summed E-state index contributed by atoms with van der Waals surface area (Å²) in [7, 11) is 1.37. The van der Waals surface area contributed by atoms with Gasteiger partial charge in [-0.15, -0.1) is 0 Å². The average Bonchev–Trinajstić information content (AvgIpc) is 2.24. The highest BCUT2D eigenvalue weighted by Crippen LogP contribution is 2.24. The molecule has 2 atom stereocenters. The lowest BCUT2D eigenvalue weighted by Gasteiger charge is -2.36. The molecule has 1 aliphatic rings. The van der Waals surface area contributed by atoms with Gasteiger partial charge < -0.3 is 14.4 Å². The van der Waals surface area contributed by atoms with Crippen LogP contribution in [0.1, 0.15) is 34.1 Å². The van der Waals surface area contributed by atoms with E-state index >= 15 is 0 Å². The van der Waals surface area contributed by atoms with Gasteiger partial charge in [-0.25, -0.2) is 4.79 Å². The summed E-state index contributed by atoms with van der Waals surface area (Å²) in [6.07, 6.45) is 0.398. The van der Waals surface area contributed by atoms with Gasteiger partial charge in [-0.1, -0.05) is 6.92 Å². The standard InChI is InChI=1S/C13H23NO4/c1-9-6-10(11(15)17-5)8-14(7-9)12(16)18-13(2,3)4/h9-10H,6-8H2,1-5H3/t9-,10+/m0/s1. The molecule has 1 fully saturated rings. The molecule has 0 aromatic heterocycles. The molecule has 1 heterocycles. The number of carbonyl (C=O) groups is 2. The van der Waals surface area contributed by atoms with E-state index in [1.807, 2.05) is 27.7 Å². The highest BCUT2D eigenvalue weighted by atomic mass is 16.6. The van der Waals surface area contributed by atoms with Crippen molar-refractivity contribution in [3.63, 3.8) is 0 Å². The number of esters is 1. The lowest BCUT2D eigenvalue weighted by atomic mass is 9.91. The Balaban J connectivity index is 2.66. The SMILES string of the molecule is COC(=O)[C@@H]1C[C@H](C)CN(C(=O)OC(C)(C)C)C1. The molecule has 0 aliphatic carbocycles. The lowest BCUT2D eigenvalue weighted by Crippen LogP contribution is -2.47. The smallest absolute Gasteiger partial charge is 0.410 e. The summed E-state index contributed by atoms with van der Waals surface area (Å²) in [4.78, 5) is 25.1. The van der Waals surface area contributed by atoms with Crippen LogP contribution in [-0.4, -0.2) is 42.8 Å². The highest BCUT2D eigenvalue weighted by molar-refractivity contribution is 5.74. The Kier molecular flexibility index (Phi) is 4.59. The molecule has 1 amide bonds. The van der Waals surface area contributed by atoms with Gasteiger partial charge in [0, 0.05) is 13.1 Å². The number of hydrogen-bond acceptors (Lipinski definition) is 4. The zero-order valence-electron chi connectivity index (χ0n) is 11.9. The number of nitrogens with zero attached hydrogens (tertiary/aromatic N) is 1. The summed E-state index contributed by atoms with van der Waals surface area (Å²) in [5.74, 6) is -0.225. The lowest BCUT2D eigenvalue weighted by molar-refractivity contribution is -0.147. The first-order valence-corrected chi connectivity index (χ1v) is 6.28. The summed E-state index contributed by atoms with van der Waals surface area (Å²) in [6, 6.07) is 0. The minimum absolute atomic E-state index is 0.244. The zero-order valence-corrected chi connectivity index (χ0v) is 11.9. The van der Waals surface area contributed by atoms with Crippen LogP contribution in [-0.2, 0) is 14.3 Å². The monoisotopic (exact) mass is 257 g/mol. The molecule has 0 radical (unpaired) electrons. The molecule has 0 unspecified atom stereocenters. The second-order valence-electron chi connectivity index (χ2n) is 5.95. The largest absolute Gasteiger partial charge is 0.469 e. The van der Waals surface area contributed by atoms with Crippen molar-refractivity contribution >= 4 is 12.1 Å². The van der Waals surface area contributed by atoms with Gasteiger partial charge in [0.05, 0.1) is 13.0 Å². The minimum atomic E-state index is -0.515. The van der Waals surface area contributed by atoms with E-state index in [9.17, 15) is 9.59 Å². The van der Waals surface area contributed by atoms with Crippen LogP contribution >= 0.6 is 0 Å². The number of amides is 1. The fraction of sp³-hybridized carbons (Fsp3) is 0.846. The van der Waals surface area contributed by atoms with Gasteiger partial charge in [0.2, 0.25) is 0 Å². The van der Waals surface area contributed by atoms with Crippen molar-refractivity contribution in [2.75, 3.05) is 20.2 Å². The maximum Gasteiger partial charge on any atom is 0.410 e. The number of rotatable bonds is 1. The van der Waals surface area contributed by atoms with Gasteiger partial charge in [-0.05, 0) is 33.1 Å². The quantitative estimate of drug-likeness (QED) is 0.675. The molecule has 0 N–H and O–H groups in total. The van der Waals surface area contributed by atoms with Crippen LogP contribution in [0.3, 0.4) is 0 Å². The molecule has 5 nitrogen and oxygen atoms in total. The maximum atomic E-state index is 12.0. The number of carbonyl (C=O) groups excluding carboxylic acids is 2. The molecule has 5 heteroatoms. The Morgan fingerprint density at radius 2 is 1.83 bits per heavy atom. The first-order valence-electron chi connectivity index (χ1n) is 6.28. The van der Waals surface area contributed by atoms with Crippen molar-refractivity contribution in [1.29, 1.82) is 0 Å². The average molecular weight is 257 g/mol. The fourth-order valence-electron chi connectivity index (χ4n) is 2.16. The third-order valence-corrected chi connectivity index (χ3v) is 2.85.